The van der Waals surface area contributed by atoms with Crippen molar-refractivity contribution in [1.82, 2.24) is 4.90 Å². The molecule has 1 amide bonds. The summed E-state index contributed by atoms with van der Waals surface area (Å²) in [5.41, 5.74) is 6.66. The molecule has 17 heavy (non-hydrogen) atoms. The monoisotopic (exact) mass is 272 g/mol. The highest BCUT2D eigenvalue weighted by Crippen LogP contribution is 2.29. The Hall–Kier alpha value is -0.580. The maximum Gasteiger partial charge on any atom is 0.265 e. The molecule has 0 spiro atoms. The Bertz CT molecular complexity index is 419. The van der Waals surface area contributed by atoms with Crippen LogP contribution in [0.5, 0.6) is 0 Å². The van der Waals surface area contributed by atoms with E-state index in [2.05, 4.69) is 0 Å². The minimum Gasteiger partial charge on any atom is -0.338 e. The van der Waals surface area contributed by atoms with Gasteiger partial charge in [-0.2, -0.15) is 0 Å². The van der Waals surface area contributed by atoms with E-state index in [1.165, 1.54) is 11.3 Å². The number of hydrogen-bond donors (Lipinski definition) is 1. The maximum absolute atomic E-state index is 12.3. The van der Waals surface area contributed by atoms with Crippen molar-refractivity contribution in [3.8, 4) is 0 Å². The highest BCUT2D eigenvalue weighted by Gasteiger charge is 2.26. The van der Waals surface area contributed by atoms with Crippen molar-refractivity contribution < 1.29 is 4.79 Å². The van der Waals surface area contributed by atoms with Gasteiger partial charge in [-0.15, -0.1) is 11.3 Å². The molecule has 1 aromatic heterocycles. The summed E-state index contributed by atoms with van der Waals surface area (Å²) in [5.74, 6) is 0.499. The number of piperidine rings is 1. The molecule has 1 fully saturated rings. The summed E-state index contributed by atoms with van der Waals surface area (Å²) < 4.78 is 0. The summed E-state index contributed by atoms with van der Waals surface area (Å²) in [7, 11) is 0. The SMILES string of the molecule is Cc1csc(C(=O)N2CCCC(CN)C2)c1Cl. The lowest BCUT2D eigenvalue weighted by atomic mass is 9.98. The fourth-order valence-electron chi connectivity index (χ4n) is 2.16. The summed E-state index contributed by atoms with van der Waals surface area (Å²) in [4.78, 5) is 14.9. The van der Waals surface area contributed by atoms with Gasteiger partial charge in [0, 0.05) is 13.1 Å². The van der Waals surface area contributed by atoms with Gasteiger partial charge in [-0.3, -0.25) is 4.79 Å². The topological polar surface area (TPSA) is 46.3 Å². The summed E-state index contributed by atoms with van der Waals surface area (Å²) in [5, 5.41) is 2.54. The molecule has 0 saturated carbocycles. The van der Waals surface area contributed by atoms with Crippen LogP contribution in [-0.2, 0) is 0 Å². The van der Waals surface area contributed by atoms with Crippen molar-refractivity contribution in [3.63, 3.8) is 0 Å². The summed E-state index contributed by atoms with van der Waals surface area (Å²) in [6.07, 6.45) is 2.16. The highest BCUT2D eigenvalue weighted by molar-refractivity contribution is 7.13. The predicted molar refractivity (Wildman–Crippen MR) is 71.7 cm³/mol. The van der Waals surface area contributed by atoms with Crippen LogP contribution in [0.4, 0.5) is 0 Å². The lowest BCUT2D eigenvalue weighted by molar-refractivity contribution is 0.0683. The number of halogens is 1. The van der Waals surface area contributed by atoms with Crippen LogP contribution in [0.3, 0.4) is 0 Å². The number of likely N-dealkylation sites (tertiary alicyclic amines) is 1. The third kappa shape index (κ3) is 2.64. The Labute approximate surface area is 111 Å². The summed E-state index contributed by atoms with van der Waals surface area (Å²) in [6, 6.07) is 0. The summed E-state index contributed by atoms with van der Waals surface area (Å²) in [6.45, 7) is 4.17. The molecule has 1 atom stereocenters. The first-order chi connectivity index (χ1) is 8.13. The van der Waals surface area contributed by atoms with E-state index in [0.717, 1.165) is 31.5 Å². The predicted octanol–water partition coefficient (Wildman–Crippen LogP) is 2.52. The van der Waals surface area contributed by atoms with Gasteiger partial charge in [0.1, 0.15) is 4.88 Å². The molecule has 94 valence electrons. The minimum absolute atomic E-state index is 0.0613. The molecular formula is C12H17ClN2OS. The second-order valence-corrected chi connectivity index (χ2v) is 5.81. The Morgan fingerprint density at radius 2 is 2.47 bits per heavy atom. The third-order valence-corrected chi connectivity index (χ3v) is 4.92. The smallest absolute Gasteiger partial charge is 0.265 e. The van der Waals surface area contributed by atoms with Crippen molar-refractivity contribution >= 4 is 28.8 Å². The lowest BCUT2D eigenvalue weighted by Crippen LogP contribution is -2.41. The van der Waals surface area contributed by atoms with E-state index in [9.17, 15) is 4.79 Å². The molecule has 1 aliphatic heterocycles. The highest BCUT2D eigenvalue weighted by atomic mass is 35.5. The van der Waals surface area contributed by atoms with E-state index in [0.29, 0.717) is 22.4 Å². The van der Waals surface area contributed by atoms with Crippen molar-refractivity contribution in [2.24, 2.45) is 11.7 Å². The van der Waals surface area contributed by atoms with Gasteiger partial charge < -0.3 is 10.6 Å². The molecule has 1 saturated heterocycles. The second-order valence-electron chi connectivity index (χ2n) is 4.56. The molecule has 0 aliphatic carbocycles. The molecule has 0 aromatic carbocycles. The van der Waals surface area contributed by atoms with Crippen LogP contribution in [0.2, 0.25) is 5.02 Å². The van der Waals surface area contributed by atoms with Gasteiger partial charge in [0.25, 0.3) is 5.91 Å². The van der Waals surface area contributed by atoms with Crippen LogP contribution in [0.1, 0.15) is 28.1 Å². The van der Waals surface area contributed by atoms with Crippen LogP contribution in [0.25, 0.3) is 0 Å². The first kappa shape index (κ1) is 12.9. The fourth-order valence-corrected chi connectivity index (χ4v) is 3.40. The Morgan fingerprint density at radius 1 is 1.71 bits per heavy atom. The van der Waals surface area contributed by atoms with E-state index < -0.39 is 0 Å². The number of thiophene rings is 1. The molecule has 2 N–H and O–H groups in total. The van der Waals surface area contributed by atoms with Crippen molar-refractivity contribution in [1.29, 1.82) is 0 Å². The van der Waals surface area contributed by atoms with Gasteiger partial charge in [-0.05, 0) is 43.2 Å². The molecule has 1 unspecified atom stereocenters. The number of rotatable bonds is 2. The first-order valence-corrected chi connectivity index (χ1v) is 7.12. The number of aryl methyl sites for hydroxylation is 1. The number of carbonyl (C=O) groups is 1. The number of nitrogens with two attached hydrogens (primary N) is 1. The maximum atomic E-state index is 12.3. The molecule has 2 rings (SSSR count). The average Bonchev–Trinajstić information content (AvgIpc) is 2.69. The molecule has 1 aliphatic rings. The Balaban J connectivity index is 2.12. The molecule has 2 heterocycles. The Kier molecular flexibility index (Phi) is 4.07. The minimum atomic E-state index is 0.0613. The van der Waals surface area contributed by atoms with Gasteiger partial charge in [0.2, 0.25) is 0 Å². The van der Waals surface area contributed by atoms with Crippen LogP contribution in [0, 0.1) is 12.8 Å². The third-order valence-electron chi connectivity index (χ3n) is 3.23. The average molecular weight is 273 g/mol. The standard InChI is InChI=1S/C12H17ClN2OS/c1-8-7-17-11(10(8)13)12(16)15-4-2-3-9(5-14)6-15/h7,9H,2-6,14H2,1H3. The number of nitrogens with zero attached hydrogens (tertiary/aromatic N) is 1. The fraction of sp³-hybridized carbons (Fsp3) is 0.583. The van der Waals surface area contributed by atoms with E-state index in [1.807, 2.05) is 17.2 Å². The van der Waals surface area contributed by atoms with Crippen molar-refractivity contribution in [2.45, 2.75) is 19.8 Å². The number of hydrogen-bond acceptors (Lipinski definition) is 3. The largest absolute Gasteiger partial charge is 0.338 e. The van der Waals surface area contributed by atoms with Crippen molar-refractivity contribution in [3.05, 3.63) is 20.8 Å². The zero-order chi connectivity index (χ0) is 12.4. The van der Waals surface area contributed by atoms with E-state index in [-0.39, 0.29) is 5.91 Å². The number of amides is 1. The normalized spacial score (nSPS) is 20.6. The van der Waals surface area contributed by atoms with Gasteiger partial charge in [0.05, 0.1) is 5.02 Å². The zero-order valence-electron chi connectivity index (χ0n) is 9.91. The first-order valence-electron chi connectivity index (χ1n) is 5.86. The van der Waals surface area contributed by atoms with Crippen LogP contribution in [0.15, 0.2) is 5.38 Å². The zero-order valence-corrected chi connectivity index (χ0v) is 11.5. The number of carbonyl (C=O) groups excluding carboxylic acids is 1. The molecule has 1 aromatic rings. The van der Waals surface area contributed by atoms with Crippen LogP contribution < -0.4 is 5.73 Å². The molecule has 5 heteroatoms. The van der Waals surface area contributed by atoms with E-state index in [4.69, 9.17) is 17.3 Å². The second kappa shape index (κ2) is 5.38. The molecular weight excluding hydrogens is 256 g/mol. The van der Waals surface area contributed by atoms with E-state index in [1.54, 1.807) is 0 Å². The summed E-state index contributed by atoms with van der Waals surface area (Å²) >= 11 is 7.56. The van der Waals surface area contributed by atoms with Gasteiger partial charge in [-0.1, -0.05) is 11.6 Å². The van der Waals surface area contributed by atoms with Crippen LogP contribution in [-0.4, -0.2) is 30.4 Å². The lowest BCUT2D eigenvalue weighted by Gasteiger charge is -2.31. The van der Waals surface area contributed by atoms with Gasteiger partial charge >= 0.3 is 0 Å². The van der Waals surface area contributed by atoms with Gasteiger partial charge in [0.15, 0.2) is 0 Å². The quantitative estimate of drug-likeness (QED) is 0.899. The van der Waals surface area contributed by atoms with Gasteiger partial charge in [-0.25, -0.2) is 0 Å². The van der Waals surface area contributed by atoms with E-state index >= 15 is 0 Å². The van der Waals surface area contributed by atoms with Crippen molar-refractivity contribution in [2.75, 3.05) is 19.6 Å². The molecule has 0 bridgehead atoms. The van der Waals surface area contributed by atoms with Crippen LogP contribution >= 0.6 is 22.9 Å². The molecule has 3 nitrogen and oxygen atoms in total. The Morgan fingerprint density at radius 3 is 3.06 bits per heavy atom. The molecule has 0 radical (unpaired) electrons.